The fourth-order valence-corrected chi connectivity index (χ4v) is 3.29. The summed E-state index contributed by atoms with van der Waals surface area (Å²) in [5.41, 5.74) is 0.425. The molecular formula is C17H30N4O. The van der Waals surface area contributed by atoms with E-state index >= 15 is 0 Å². The highest BCUT2D eigenvalue weighted by atomic mass is 16.2. The highest BCUT2D eigenvalue weighted by molar-refractivity contribution is 5.88. The molecule has 22 heavy (non-hydrogen) atoms. The molecule has 1 saturated heterocycles. The van der Waals surface area contributed by atoms with Crippen LogP contribution in [0.5, 0.6) is 0 Å². The van der Waals surface area contributed by atoms with Crippen molar-refractivity contribution in [2.24, 2.45) is 5.41 Å². The Bertz CT molecular complexity index is 491. The average Bonchev–Trinajstić information content (AvgIpc) is 2.86. The Balaban J connectivity index is 1.95. The molecule has 2 heterocycles. The van der Waals surface area contributed by atoms with Crippen molar-refractivity contribution in [3.63, 3.8) is 0 Å². The van der Waals surface area contributed by atoms with Gasteiger partial charge in [0.05, 0.1) is 0 Å². The fourth-order valence-electron chi connectivity index (χ4n) is 3.29. The number of hydrogen-bond donors (Lipinski definition) is 1. The number of likely N-dealkylation sites (tertiary alicyclic amines) is 1. The number of hydrogen-bond acceptors (Lipinski definition) is 2. The third-order valence-electron chi connectivity index (χ3n) is 5.21. The van der Waals surface area contributed by atoms with Gasteiger partial charge in [0.2, 0.25) is 0 Å². The molecule has 1 N–H and O–H groups in total. The number of aromatic nitrogens is 2. The van der Waals surface area contributed by atoms with Gasteiger partial charge in [-0.25, -0.2) is 4.79 Å². The lowest BCUT2D eigenvalue weighted by atomic mass is 9.76. The van der Waals surface area contributed by atoms with Crippen LogP contribution >= 0.6 is 0 Å². The van der Waals surface area contributed by atoms with E-state index in [1.165, 1.54) is 19.3 Å². The van der Waals surface area contributed by atoms with Crippen LogP contribution in [0, 0.1) is 5.41 Å². The first-order chi connectivity index (χ1) is 10.5. The maximum Gasteiger partial charge on any atom is 0.323 e. The molecule has 0 aromatic carbocycles. The van der Waals surface area contributed by atoms with Gasteiger partial charge in [0.25, 0.3) is 0 Å². The van der Waals surface area contributed by atoms with E-state index in [9.17, 15) is 4.79 Å². The molecule has 5 nitrogen and oxygen atoms in total. The zero-order chi connectivity index (χ0) is 16.2. The number of carbonyl (C=O) groups excluding carboxylic acids is 1. The van der Waals surface area contributed by atoms with Crippen LogP contribution in [0.15, 0.2) is 12.3 Å². The summed E-state index contributed by atoms with van der Waals surface area (Å²) in [7, 11) is 0. The van der Waals surface area contributed by atoms with E-state index in [1.54, 1.807) is 0 Å². The molecule has 0 bridgehead atoms. The molecule has 0 atom stereocenters. The molecule has 1 aliphatic rings. The predicted octanol–water partition coefficient (Wildman–Crippen LogP) is 4.29. The van der Waals surface area contributed by atoms with E-state index in [0.29, 0.717) is 17.3 Å². The van der Waals surface area contributed by atoms with Crippen LogP contribution in [-0.2, 0) is 0 Å². The Morgan fingerprint density at radius 3 is 2.64 bits per heavy atom. The van der Waals surface area contributed by atoms with Crippen molar-refractivity contribution in [1.29, 1.82) is 0 Å². The molecule has 5 heteroatoms. The number of nitrogens with zero attached hydrogens (tertiary/aromatic N) is 3. The summed E-state index contributed by atoms with van der Waals surface area (Å²) in [5.74, 6) is 0.639. The lowest BCUT2D eigenvalue weighted by molar-refractivity contribution is 0.201. The molecule has 0 radical (unpaired) electrons. The molecule has 1 aromatic rings. The summed E-state index contributed by atoms with van der Waals surface area (Å²) < 4.78 is 1.86. The molecule has 0 aliphatic carbocycles. The summed E-state index contributed by atoms with van der Waals surface area (Å²) >= 11 is 0. The van der Waals surface area contributed by atoms with E-state index in [4.69, 9.17) is 0 Å². The Morgan fingerprint density at radius 1 is 1.32 bits per heavy atom. The molecule has 1 fully saturated rings. The second-order valence-electron chi connectivity index (χ2n) is 6.75. The highest BCUT2D eigenvalue weighted by Crippen LogP contribution is 2.37. The van der Waals surface area contributed by atoms with Crippen LogP contribution in [0.4, 0.5) is 10.6 Å². The van der Waals surface area contributed by atoms with E-state index in [1.807, 2.05) is 21.8 Å². The summed E-state index contributed by atoms with van der Waals surface area (Å²) in [6, 6.07) is 2.15. The minimum atomic E-state index is -0.0167. The van der Waals surface area contributed by atoms with Crippen LogP contribution < -0.4 is 5.32 Å². The topological polar surface area (TPSA) is 50.2 Å². The van der Waals surface area contributed by atoms with Crippen molar-refractivity contribution in [2.75, 3.05) is 18.4 Å². The first-order valence-electron chi connectivity index (χ1n) is 8.61. The first kappa shape index (κ1) is 16.8. The number of carbonyl (C=O) groups is 1. The number of rotatable bonds is 4. The predicted molar refractivity (Wildman–Crippen MR) is 90.1 cm³/mol. The third kappa shape index (κ3) is 3.81. The zero-order valence-electron chi connectivity index (χ0n) is 14.4. The van der Waals surface area contributed by atoms with E-state index < -0.39 is 0 Å². The minimum Gasteiger partial charge on any atom is -0.324 e. The molecule has 0 spiro atoms. The van der Waals surface area contributed by atoms with Crippen molar-refractivity contribution in [1.82, 2.24) is 14.7 Å². The van der Waals surface area contributed by atoms with E-state index in [-0.39, 0.29) is 6.03 Å². The molecule has 1 aromatic heterocycles. The third-order valence-corrected chi connectivity index (χ3v) is 5.21. The quantitative estimate of drug-likeness (QED) is 0.902. The summed E-state index contributed by atoms with van der Waals surface area (Å²) in [6.45, 7) is 10.4. The molecule has 0 saturated carbocycles. The van der Waals surface area contributed by atoms with Gasteiger partial charge in [-0.15, -0.1) is 0 Å². The number of amides is 2. The van der Waals surface area contributed by atoms with Gasteiger partial charge in [-0.05, 0) is 38.5 Å². The van der Waals surface area contributed by atoms with Crippen molar-refractivity contribution in [2.45, 2.75) is 65.8 Å². The van der Waals surface area contributed by atoms with Crippen LogP contribution in [0.2, 0.25) is 0 Å². The minimum absolute atomic E-state index is 0.0167. The number of urea groups is 1. The summed E-state index contributed by atoms with van der Waals surface area (Å²) in [5, 5.41) is 7.32. The molecule has 1 aliphatic heterocycles. The maximum absolute atomic E-state index is 12.5. The lowest BCUT2D eigenvalue weighted by Gasteiger charge is -2.30. The van der Waals surface area contributed by atoms with Crippen LogP contribution in [0.3, 0.4) is 0 Å². The Kier molecular flexibility index (Phi) is 5.48. The van der Waals surface area contributed by atoms with Gasteiger partial charge in [-0.1, -0.05) is 26.7 Å². The highest BCUT2D eigenvalue weighted by Gasteiger charge is 2.30. The standard InChI is InChI=1S/C17H30N4O/c1-5-17(6-2)9-7-11-20(13-10-17)16(22)18-15-8-12-21(19-15)14(3)4/h8,12,14H,5-7,9-11,13H2,1-4H3,(H,18,19,22). The fraction of sp³-hybridized carbons (Fsp3) is 0.765. The maximum atomic E-state index is 12.5. The molecular weight excluding hydrogens is 276 g/mol. The molecule has 124 valence electrons. The second kappa shape index (κ2) is 7.16. The normalized spacial score (nSPS) is 18.3. The summed E-state index contributed by atoms with van der Waals surface area (Å²) in [6.07, 6.45) is 7.74. The second-order valence-corrected chi connectivity index (χ2v) is 6.75. The number of anilines is 1. The number of nitrogens with one attached hydrogen (secondary N) is 1. The SMILES string of the molecule is CCC1(CC)CCCN(C(=O)Nc2ccn(C(C)C)n2)CC1. The van der Waals surface area contributed by atoms with Crippen molar-refractivity contribution in [3.8, 4) is 0 Å². The van der Waals surface area contributed by atoms with Gasteiger partial charge in [0, 0.05) is 31.4 Å². The van der Waals surface area contributed by atoms with Gasteiger partial charge in [0.1, 0.15) is 0 Å². The largest absolute Gasteiger partial charge is 0.324 e. The van der Waals surface area contributed by atoms with Crippen molar-refractivity contribution >= 4 is 11.8 Å². The molecule has 0 unspecified atom stereocenters. The van der Waals surface area contributed by atoms with Gasteiger partial charge in [-0.2, -0.15) is 5.10 Å². The zero-order valence-corrected chi connectivity index (χ0v) is 14.4. The van der Waals surface area contributed by atoms with Crippen molar-refractivity contribution < 1.29 is 4.79 Å². The average molecular weight is 306 g/mol. The molecule has 2 rings (SSSR count). The van der Waals surface area contributed by atoms with Gasteiger partial charge >= 0.3 is 6.03 Å². The van der Waals surface area contributed by atoms with Gasteiger partial charge < -0.3 is 4.90 Å². The monoisotopic (exact) mass is 306 g/mol. The van der Waals surface area contributed by atoms with E-state index in [2.05, 4.69) is 38.1 Å². The lowest BCUT2D eigenvalue weighted by Crippen LogP contribution is -2.36. The van der Waals surface area contributed by atoms with Gasteiger partial charge in [-0.3, -0.25) is 10.00 Å². The first-order valence-corrected chi connectivity index (χ1v) is 8.61. The Morgan fingerprint density at radius 2 is 2.05 bits per heavy atom. The van der Waals surface area contributed by atoms with Crippen molar-refractivity contribution in [3.05, 3.63) is 12.3 Å². The Labute approximate surface area is 134 Å². The molecule has 2 amide bonds. The summed E-state index contributed by atoms with van der Waals surface area (Å²) in [4.78, 5) is 14.4. The van der Waals surface area contributed by atoms with E-state index in [0.717, 1.165) is 25.9 Å². The van der Waals surface area contributed by atoms with Crippen LogP contribution in [0.1, 0.15) is 65.8 Å². The van der Waals surface area contributed by atoms with Crippen LogP contribution in [0.25, 0.3) is 0 Å². The Hall–Kier alpha value is -1.52. The van der Waals surface area contributed by atoms with Gasteiger partial charge in [0.15, 0.2) is 5.82 Å². The smallest absolute Gasteiger partial charge is 0.323 e. The van der Waals surface area contributed by atoms with Crippen LogP contribution in [-0.4, -0.2) is 33.8 Å².